The first-order valence-electron chi connectivity index (χ1n) is 6.10. The summed E-state index contributed by atoms with van der Waals surface area (Å²) in [4.78, 5) is 4.45. The molecule has 1 aromatic heterocycles. The summed E-state index contributed by atoms with van der Waals surface area (Å²) < 4.78 is 1.08. The summed E-state index contributed by atoms with van der Waals surface area (Å²) in [6.07, 6.45) is 5.99. The molecule has 0 bridgehead atoms. The Morgan fingerprint density at radius 3 is 2.68 bits per heavy atom. The average Bonchev–Trinajstić information content (AvgIpc) is 2.45. The first kappa shape index (κ1) is 12.1. The van der Waals surface area contributed by atoms with Gasteiger partial charge < -0.3 is 0 Å². The molecule has 3 aromatic rings. The van der Waals surface area contributed by atoms with Crippen molar-refractivity contribution in [3.8, 4) is 0 Å². The Labute approximate surface area is 120 Å². The molecule has 0 aliphatic heterocycles. The lowest BCUT2D eigenvalue weighted by atomic mass is 10.1. The second-order valence-corrected chi connectivity index (χ2v) is 5.22. The fourth-order valence-electron chi connectivity index (χ4n) is 2.06. The van der Waals surface area contributed by atoms with Gasteiger partial charge in [-0.1, -0.05) is 58.4 Å². The first-order valence-corrected chi connectivity index (χ1v) is 6.90. The lowest BCUT2D eigenvalue weighted by molar-refractivity contribution is 1.33. The number of hydrogen-bond donors (Lipinski definition) is 0. The zero-order valence-corrected chi connectivity index (χ0v) is 11.8. The average molecular weight is 310 g/mol. The van der Waals surface area contributed by atoms with Crippen LogP contribution in [-0.4, -0.2) is 4.98 Å². The first-order chi connectivity index (χ1) is 9.33. The fraction of sp³-hybridized carbons (Fsp3) is 0. The van der Waals surface area contributed by atoms with Gasteiger partial charge in [0.2, 0.25) is 0 Å². The Morgan fingerprint density at radius 2 is 1.79 bits per heavy atom. The van der Waals surface area contributed by atoms with E-state index < -0.39 is 0 Å². The number of rotatable bonds is 2. The topological polar surface area (TPSA) is 12.9 Å². The summed E-state index contributed by atoms with van der Waals surface area (Å²) in [6, 6.07) is 18.5. The highest BCUT2D eigenvalue weighted by Gasteiger charge is 1.97. The maximum atomic E-state index is 4.45. The molecule has 3 rings (SSSR count). The molecule has 0 amide bonds. The van der Waals surface area contributed by atoms with Crippen LogP contribution in [0.1, 0.15) is 11.3 Å². The van der Waals surface area contributed by atoms with E-state index in [0.717, 1.165) is 15.7 Å². The van der Waals surface area contributed by atoms with Gasteiger partial charge in [0.05, 0.1) is 5.69 Å². The molecule has 19 heavy (non-hydrogen) atoms. The Kier molecular flexibility index (Phi) is 3.43. The van der Waals surface area contributed by atoms with Crippen molar-refractivity contribution in [2.24, 2.45) is 0 Å². The van der Waals surface area contributed by atoms with Gasteiger partial charge >= 0.3 is 0 Å². The third-order valence-electron chi connectivity index (χ3n) is 2.99. The largest absolute Gasteiger partial charge is 0.256 e. The second kappa shape index (κ2) is 5.37. The minimum Gasteiger partial charge on any atom is -0.256 e. The molecule has 0 aliphatic rings. The zero-order valence-electron chi connectivity index (χ0n) is 10.3. The Bertz CT molecular complexity index is 742. The smallest absolute Gasteiger partial charge is 0.0708 e. The molecule has 0 saturated carbocycles. The molecule has 2 heteroatoms. The minimum atomic E-state index is 0.998. The van der Waals surface area contributed by atoms with Crippen LogP contribution in [0.4, 0.5) is 0 Å². The van der Waals surface area contributed by atoms with Gasteiger partial charge in [-0.05, 0) is 35.2 Å². The van der Waals surface area contributed by atoms with Gasteiger partial charge in [-0.2, -0.15) is 0 Å². The van der Waals surface area contributed by atoms with Crippen LogP contribution in [0.3, 0.4) is 0 Å². The highest BCUT2D eigenvalue weighted by Crippen LogP contribution is 2.19. The van der Waals surface area contributed by atoms with Crippen LogP contribution in [0.2, 0.25) is 0 Å². The van der Waals surface area contributed by atoms with E-state index in [1.54, 1.807) is 0 Å². The number of nitrogens with zero attached hydrogens (tertiary/aromatic N) is 1. The third-order valence-corrected chi connectivity index (χ3v) is 3.48. The van der Waals surface area contributed by atoms with E-state index in [0.29, 0.717) is 0 Å². The lowest BCUT2D eigenvalue weighted by Gasteiger charge is -2.01. The highest BCUT2D eigenvalue weighted by molar-refractivity contribution is 9.10. The van der Waals surface area contributed by atoms with Crippen molar-refractivity contribution < 1.29 is 0 Å². The molecule has 0 fully saturated rings. The molecule has 0 radical (unpaired) electrons. The van der Waals surface area contributed by atoms with Crippen LogP contribution in [-0.2, 0) is 0 Å². The van der Waals surface area contributed by atoms with E-state index in [9.17, 15) is 0 Å². The molecule has 0 saturated heterocycles. The van der Waals surface area contributed by atoms with Crippen LogP contribution >= 0.6 is 15.9 Å². The normalized spacial score (nSPS) is 11.2. The quantitative estimate of drug-likeness (QED) is 0.636. The molecule has 0 unspecified atom stereocenters. The molecular weight excluding hydrogens is 298 g/mol. The molecule has 1 heterocycles. The maximum Gasteiger partial charge on any atom is 0.0708 e. The predicted molar refractivity (Wildman–Crippen MR) is 84.8 cm³/mol. The summed E-state index contributed by atoms with van der Waals surface area (Å²) in [5.74, 6) is 0. The van der Waals surface area contributed by atoms with Gasteiger partial charge in [-0.25, -0.2) is 0 Å². The van der Waals surface area contributed by atoms with Gasteiger partial charge in [-0.3, -0.25) is 4.98 Å². The van der Waals surface area contributed by atoms with Gasteiger partial charge in [-0.15, -0.1) is 0 Å². The number of halogens is 1. The van der Waals surface area contributed by atoms with Crippen LogP contribution in [0.25, 0.3) is 22.9 Å². The lowest BCUT2D eigenvalue weighted by Crippen LogP contribution is -1.83. The van der Waals surface area contributed by atoms with Crippen LogP contribution < -0.4 is 0 Å². The molecule has 1 nitrogen and oxygen atoms in total. The molecular formula is C17H12BrN. The minimum absolute atomic E-state index is 0.998. The van der Waals surface area contributed by atoms with Crippen molar-refractivity contribution in [3.63, 3.8) is 0 Å². The number of benzene rings is 2. The van der Waals surface area contributed by atoms with Crippen molar-refractivity contribution in [1.82, 2.24) is 4.98 Å². The molecule has 92 valence electrons. The number of pyridine rings is 1. The van der Waals surface area contributed by atoms with E-state index in [4.69, 9.17) is 0 Å². The van der Waals surface area contributed by atoms with Gasteiger partial charge in [0.25, 0.3) is 0 Å². The SMILES string of the molecule is Brc1cccc(/C=C/c2nccc3ccccc23)c1. The summed E-state index contributed by atoms with van der Waals surface area (Å²) in [7, 11) is 0. The molecule has 0 aliphatic carbocycles. The second-order valence-electron chi connectivity index (χ2n) is 4.31. The van der Waals surface area contributed by atoms with Crippen molar-refractivity contribution in [2.45, 2.75) is 0 Å². The van der Waals surface area contributed by atoms with Crippen LogP contribution in [0.15, 0.2) is 65.3 Å². The summed E-state index contributed by atoms with van der Waals surface area (Å²) >= 11 is 3.48. The van der Waals surface area contributed by atoms with E-state index in [2.05, 4.69) is 57.3 Å². The Morgan fingerprint density at radius 1 is 0.895 bits per heavy atom. The van der Waals surface area contributed by atoms with E-state index >= 15 is 0 Å². The maximum absolute atomic E-state index is 4.45. The number of aromatic nitrogens is 1. The van der Waals surface area contributed by atoms with Gasteiger partial charge in [0.15, 0.2) is 0 Å². The standard InChI is InChI=1S/C17H12BrN/c18-15-6-3-4-13(12-15)8-9-17-16-7-2-1-5-14(16)10-11-19-17/h1-12H/b9-8+. The molecule has 0 atom stereocenters. The van der Waals surface area contributed by atoms with Crippen molar-refractivity contribution >= 4 is 38.9 Å². The van der Waals surface area contributed by atoms with E-state index in [1.807, 2.05) is 36.5 Å². The highest BCUT2D eigenvalue weighted by atomic mass is 79.9. The fourth-order valence-corrected chi connectivity index (χ4v) is 2.48. The summed E-state index contributed by atoms with van der Waals surface area (Å²) in [5, 5.41) is 2.39. The van der Waals surface area contributed by atoms with Crippen molar-refractivity contribution in [3.05, 3.63) is 76.5 Å². The Hall–Kier alpha value is -1.93. The van der Waals surface area contributed by atoms with E-state index in [-0.39, 0.29) is 0 Å². The number of hydrogen-bond acceptors (Lipinski definition) is 1. The van der Waals surface area contributed by atoms with Crippen LogP contribution in [0.5, 0.6) is 0 Å². The number of fused-ring (bicyclic) bond motifs is 1. The summed E-state index contributed by atoms with van der Waals surface area (Å²) in [5.41, 5.74) is 2.15. The van der Waals surface area contributed by atoms with Crippen molar-refractivity contribution in [2.75, 3.05) is 0 Å². The third kappa shape index (κ3) is 2.74. The van der Waals surface area contributed by atoms with Crippen molar-refractivity contribution in [1.29, 1.82) is 0 Å². The van der Waals surface area contributed by atoms with E-state index in [1.165, 1.54) is 10.8 Å². The predicted octanol–water partition coefficient (Wildman–Crippen LogP) is 5.17. The Balaban J connectivity index is 2.02. The summed E-state index contributed by atoms with van der Waals surface area (Å²) in [6.45, 7) is 0. The molecule has 2 aromatic carbocycles. The molecule has 0 N–H and O–H groups in total. The van der Waals surface area contributed by atoms with Gasteiger partial charge in [0.1, 0.15) is 0 Å². The molecule has 0 spiro atoms. The van der Waals surface area contributed by atoms with Gasteiger partial charge in [0, 0.05) is 16.1 Å². The zero-order chi connectivity index (χ0) is 13.1. The van der Waals surface area contributed by atoms with Crippen LogP contribution in [0, 0.1) is 0 Å². The monoisotopic (exact) mass is 309 g/mol.